The second-order valence-corrected chi connectivity index (χ2v) is 8.18. The van der Waals surface area contributed by atoms with E-state index < -0.39 is 17.9 Å². The van der Waals surface area contributed by atoms with Gasteiger partial charge < -0.3 is 14.7 Å². The van der Waals surface area contributed by atoms with Crippen LogP contribution in [0.1, 0.15) is 23.1 Å². The Kier molecular flexibility index (Phi) is 7.84. The van der Waals surface area contributed by atoms with Crippen LogP contribution in [0.25, 0.3) is 0 Å². The van der Waals surface area contributed by atoms with Crippen molar-refractivity contribution in [3.63, 3.8) is 0 Å². The van der Waals surface area contributed by atoms with Gasteiger partial charge in [-0.05, 0) is 60.1 Å². The van der Waals surface area contributed by atoms with E-state index in [1.165, 1.54) is 30.0 Å². The Balaban J connectivity index is 1.71. The number of nitrogens with zero attached hydrogens (tertiary/aromatic N) is 1. The Morgan fingerprint density at radius 1 is 1.12 bits per heavy atom. The molecular weight excluding hydrogens is 446 g/mol. The molecule has 170 valence electrons. The van der Waals surface area contributed by atoms with E-state index in [2.05, 4.69) is 0 Å². The van der Waals surface area contributed by atoms with Gasteiger partial charge in [0.25, 0.3) is 0 Å². The summed E-state index contributed by atoms with van der Waals surface area (Å²) in [5, 5.41) is 9.60. The Morgan fingerprint density at radius 2 is 1.88 bits per heavy atom. The topological polar surface area (TPSA) is 49.8 Å². The van der Waals surface area contributed by atoms with Crippen LogP contribution >= 0.6 is 11.8 Å². The van der Waals surface area contributed by atoms with Crippen LogP contribution in [0.15, 0.2) is 71.5 Å². The summed E-state index contributed by atoms with van der Waals surface area (Å²) < 4.78 is 57.1. The summed E-state index contributed by atoms with van der Waals surface area (Å²) in [5.41, 5.74) is 0.698. The maximum Gasteiger partial charge on any atom is 0.511 e. The number of aryl methyl sites for hydroxylation is 1. The molecule has 1 heterocycles. The van der Waals surface area contributed by atoms with E-state index in [0.29, 0.717) is 29.3 Å². The molecule has 0 fully saturated rings. The number of hydrogen-bond donors (Lipinski definition) is 1. The number of rotatable bonds is 8. The molecule has 0 aliphatic carbocycles. The molecule has 2 aromatic carbocycles. The highest BCUT2D eigenvalue weighted by atomic mass is 32.2. The number of carbonyl (C=O) groups is 1. The van der Waals surface area contributed by atoms with Crippen molar-refractivity contribution in [2.45, 2.75) is 25.6 Å². The van der Waals surface area contributed by atoms with Crippen molar-refractivity contribution < 1.29 is 32.2 Å². The van der Waals surface area contributed by atoms with Crippen LogP contribution in [0.3, 0.4) is 0 Å². The van der Waals surface area contributed by atoms with Gasteiger partial charge in [-0.2, -0.15) is 13.2 Å². The number of alkyl halides is 3. The van der Waals surface area contributed by atoms with Gasteiger partial charge in [0.1, 0.15) is 10.8 Å². The normalized spacial score (nSPS) is 14.1. The molecule has 0 radical (unpaired) electrons. The van der Waals surface area contributed by atoms with E-state index in [0.717, 1.165) is 24.1 Å². The van der Waals surface area contributed by atoms with E-state index in [-0.39, 0.29) is 18.1 Å². The lowest BCUT2D eigenvalue weighted by Crippen LogP contribution is -2.26. The monoisotopic (exact) mass is 467 g/mol. The first-order chi connectivity index (χ1) is 15.2. The average Bonchev–Trinajstić information content (AvgIpc) is 2.73. The molecule has 0 saturated carbocycles. The Bertz CT molecular complexity index is 1000. The quantitative estimate of drug-likeness (QED) is 0.275. The van der Waals surface area contributed by atoms with E-state index in [1.54, 1.807) is 35.3 Å². The Hall–Kier alpha value is -2.94. The fraction of sp³-hybridized carbons (Fsp3) is 0.261. The maximum absolute atomic E-state index is 13.1. The summed E-state index contributed by atoms with van der Waals surface area (Å²) in [5.74, 6) is 0.456. The van der Waals surface area contributed by atoms with Gasteiger partial charge in [0.2, 0.25) is 0 Å². The SMILES string of the molecule is O=C(O)OC1=C(SCCCc2ccc(F)cc2)N(Cc2cccc(C(F)(F)F)c2)CC=C1. The molecular formula is C23H21F4NO3S. The Morgan fingerprint density at radius 3 is 2.56 bits per heavy atom. The predicted molar refractivity (Wildman–Crippen MR) is 114 cm³/mol. The van der Waals surface area contributed by atoms with Crippen molar-refractivity contribution in [2.24, 2.45) is 0 Å². The fourth-order valence-electron chi connectivity index (χ4n) is 3.23. The first kappa shape index (κ1) is 23.7. The van der Waals surface area contributed by atoms with Crippen LogP contribution in [0, 0.1) is 5.82 Å². The molecule has 32 heavy (non-hydrogen) atoms. The van der Waals surface area contributed by atoms with E-state index in [4.69, 9.17) is 9.84 Å². The summed E-state index contributed by atoms with van der Waals surface area (Å²) in [6, 6.07) is 11.3. The fourth-order valence-corrected chi connectivity index (χ4v) is 4.29. The van der Waals surface area contributed by atoms with Gasteiger partial charge in [0.05, 0.1) is 5.56 Å². The first-order valence-corrected chi connectivity index (χ1v) is 10.8. The zero-order valence-corrected chi connectivity index (χ0v) is 17.8. The summed E-state index contributed by atoms with van der Waals surface area (Å²) >= 11 is 1.38. The number of carboxylic acid groups (broad SMARTS) is 1. The standard InChI is InChI=1S/C23H21F4NO3S/c24-19-10-8-16(9-11-19)5-3-13-32-21-20(31-22(29)30)7-2-12-28(21)15-17-4-1-6-18(14-17)23(25,26)27/h1-2,4,6-11,14H,3,5,12-13,15H2,(H,29,30). The van der Waals surface area contributed by atoms with E-state index in [1.807, 2.05) is 0 Å². The highest BCUT2D eigenvalue weighted by molar-refractivity contribution is 8.03. The van der Waals surface area contributed by atoms with Gasteiger partial charge in [0, 0.05) is 13.1 Å². The predicted octanol–water partition coefficient (Wildman–Crippen LogP) is 6.45. The molecule has 0 saturated heterocycles. The second-order valence-electron chi connectivity index (χ2n) is 7.10. The lowest BCUT2D eigenvalue weighted by atomic mass is 10.1. The molecule has 1 aliphatic rings. The summed E-state index contributed by atoms with van der Waals surface area (Å²) in [6.45, 7) is 0.573. The third-order valence-corrected chi connectivity index (χ3v) is 5.91. The zero-order valence-electron chi connectivity index (χ0n) is 16.9. The van der Waals surface area contributed by atoms with Crippen molar-refractivity contribution in [1.29, 1.82) is 0 Å². The number of benzene rings is 2. The van der Waals surface area contributed by atoms with Crippen LogP contribution in [0.5, 0.6) is 0 Å². The van der Waals surface area contributed by atoms with Crippen molar-refractivity contribution >= 4 is 17.9 Å². The third-order valence-electron chi connectivity index (χ3n) is 4.68. The van der Waals surface area contributed by atoms with E-state index >= 15 is 0 Å². The molecule has 2 aromatic rings. The van der Waals surface area contributed by atoms with E-state index in [9.17, 15) is 22.4 Å². The number of allylic oxidation sites excluding steroid dienone is 1. The molecule has 1 N–H and O–H groups in total. The molecule has 1 aliphatic heterocycles. The maximum atomic E-state index is 13.1. The van der Waals surface area contributed by atoms with Crippen LogP contribution in [-0.4, -0.2) is 28.5 Å². The molecule has 0 unspecified atom stereocenters. The molecule has 3 rings (SSSR count). The Labute approximate surface area is 187 Å². The molecule has 0 amide bonds. The lowest BCUT2D eigenvalue weighted by Gasteiger charge is -2.29. The number of thioether (sulfide) groups is 1. The van der Waals surface area contributed by atoms with Gasteiger partial charge in [-0.25, -0.2) is 9.18 Å². The van der Waals surface area contributed by atoms with Crippen molar-refractivity contribution in [3.8, 4) is 0 Å². The number of hydrogen-bond acceptors (Lipinski definition) is 4. The molecule has 4 nitrogen and oxygen atoms in total. The van der Waals surface area contributed by atoms with Crippen LogP contribution in [0.4, 0.5) is 22.4 Å². The van der Waals surface area contributed by atoms with Crippen molar-refractivity contribution in [3.05, 3.63) is 94.0 Å². The van der Waals surface area contributed by atoms with Crippen LogP contribution < -0.4 is 0 Å². The highest BCUT2D eigenvalue weighted by Gasteiger charge is 2.30. The highest BCUT2D eigenvalue weighted by Crippen LogP contribution is 2.33. The van der Waals surface area contributed by atoms with Crippen LogP contribution in [-0.2, 0) is 23.9 Å². The molecule has 0 bridgehead atoms. The summed E-state index contributed by atoms with van der Waals surface area (Å²) in [4.78, 5) is 12.9. The largest absolute Gasteiger partial charge is 0.511 e. The van der Waals surface area contributed by atoms with Gasteiger partial charge in [-0.1, -0.05) is 30.3 Å². The second kappa shape index (κ2) is 10.6. The average molecular weight is 467 g/mol. The minimum absolute atomic E-state index is 0.141. The number of halogens is 4. The molecule has 0 aromatic heterocycles. The first-order valence-electron chi connectivity index (χ1n) is 9.82. The van der Waals surface area contributed by atoms with Gasteiger partial charge >= 0.3 is 12.3 Å². The van der Waals surface area contributed by atoms with Crippen molar-refractivity contribution in [2.75, 3.05) is 12.3 Å². The van der Waals surface area contributed by atoms with Gasteiger partial charge in [0.15, 0.2) is 5.76 Å². The number of ether oxygens (including phenoxy) is 1. The van der Waals surface area contributed by atoms with Gasteiger partial charge in [-0.15, -0.1) is 11.8 Å². The minimum Gasteiger partial charge on any atom is -0.449 e. The molecule has 9 heteroatoms. The zero-order chi connectivity index (χ0) is 23.1. The molecule has 0 atom stereocenters. The molecule has 0 spiro atoms. The summed E-state index contributed by atoms with van der Waals surface area (Å²) in [6.07, 6.45) is -1.20. The van der Waals surface area contributed by atoms with Crippen molar-refractivity contribution in [1.82, 2.24) is 4.90 Å². The van der Waals surface area contributed by atoms with Crippen LogP contribution in [0.2, 0.25) is 0 Å². The third kappa shape index (κ3) is 6.78. The summed E-state index contributed by atoms with van der Waals surface area (Å²) in [7, 11) is 0. The minimum atomic E-state index is -4.44. The lowest BCUT2D eigenvalue weighted by molar-refractivity contribution is -0.137. The smallest absolute Gasteiger partial charge is 0.449 e. The van der Waals surface area contributed by atoms with Gasteiger partial charge in [-0.3, -0.25) is 0 Å².